The second kappa shape index (κ2) is 7.94. The summed E-state index contributed by atoms with van der Waals surface area (Å²) in [5.74, 6) is 0.257. The Kier molecular flexibility index (Phi) is 5.95. The van der Waals surface area contributed by atoms with E-state index < -0.39 is 0 Å². The number of carbonyl (C=O) groups excluding carboxylic acids is 2. The third-order valence-electron chi connectivity index (χ3n) is 3.85. The van der Waals surface area contributed by atoms with E-state index in [4.69, 9.17) is 5.73 Å². The summed E-state index contributed by atoms with van der Waals surface area (Å²) in [4.78, 5) is 25.3. The van der Waals surface area contributed by atoms with Gasteiger partial charge in [0, 0.05) is 38.5 Å². The molecule has 2 rings (SSSR count). The quantitative estimate of drug-likeness (QED) is 0.802. The molecule has 1 fully saturated rings. The predicted molar refractivity (Wildman–Crippen MR) is 85.8 cm³/mol. The SMILES string of the molecule is CC(N)CCC(=O)NCc1cccc(CN2CCCC2=O)c1. The number of amides is 2. The van der Waals surface area contributed by atoms with E-state index in [2.05, 4.69) is 11.4 Å². The molecule has 1 aromatic carbocycles. The minimum atomic E-state index is 0.0254. The maximum Gasteiger partial charge on any atom is 0.222 e. The first-order valence-electron chi connectivity index (χ1n) is 7.92. The fourth-order valence-electron chi connectivity index (χ4n) is 2.58. The first-order chi connectivity index (χ1) is 10.5. The number of nitrogens with zero attached hydrogens (tertiary/aromatic N) is 1. The van der Waals surface area contributed by atoms with Crippen LogP contribution in [0.3, 0.4) is 0 Å². The van der Waals surface area contributed by atoms with E-state index in [0.717, 1.165) is 24.1 Å². The van der Waals surface area contributed by atoms with Gasteiger partial charge in [-0.05, 0) is 30.9 Å². The van der Waals surface area contributed by atoms with Gasteiger partial charge in [-0.2, -0.15) is 0 Å². The van der Waals surface area contributed by atoms with Gasteiger partial charge in [0.25, 0.3) is 0 Å². The first kappa shape index (κ1) is 16.5. The van der Waals surface area contributed by atoms with Crippen molar-refractivity contribution in [2.75, 3.05) is 6.54 Å². The zero-order valence-corrected chi connectivity index (χ0v) is 13.2. The molecule has 1 unspecified atom stereocenters. The van der Waals surface area contributed by atoms with E-state index in [-0.39, 0.29) is 17.9 Å². The summed E-state index contributed by atoms with van der Waals surface area (Å²) >= 11 is 0. The molecule has 120 valence electrons. The van der Waals surface area contributed by atoms with Crippen molar-refractivity contribution in [1.82, 2.24) is 10.2 Å². The topological polar surface area (TPSA) is 75.4 Å². The van der Waals surface area contributed by atoms with Gasteiger partial charge in [-0.25, -0.2) is 0 Å². The number of hydrogen-bond acceptors (Lipinski definition) is 3. The first-order valence-corrected chi connectivity index (χ1v) is 7.92. The Balaban J connectivity index is 1.83. The van der Waals surface area contributed by atoms with Crippen LogP contribution in [0.15, 0.2) is 24.3 Å². The number of nitrogens with one attached hydrogen (secondary N) is 1. The summed E-state index contributed by atoms with van der Waals surface area (Å²) in [6.07, 6.45) is 2.77. The standard InChI is InChI=1S/C17H25N3O2/c1-13(18)7-8-16(21)19-11-14-4-2-5-15(10-14)12-20-9-3-6-17(20)22/h2,4-5,10,13H,3,6-9,11-12,18H2,1H3,(H,19,21). The lowest BCUT2D eigenvalue weighted by molar-refractivity contribution is -0.128. The van der Waals surface area contributed by atoms with Crippen molar-refractivity contribution in [2.24, 2.45) is 5.73 Å². The van der Waals surface area contributed by atoms with Crippen molar-refractivity contribution < 1.29 is 9.59 Å². The van der Waals surface area contributed by atoms with Crippen molar-refractivity contribution >= 4 is 11.8 Å². The molecule has 0 aliphatic carbocycles. The molecule has 5 heteroatoms. The van der Waals surface area contributed by atoms with Crippen LogP contribution in [-0.4, -0.2) is 29.3 Å². The number of hydrogen-bond donors (Lipinski definition) is 2. The van der Waals surface area contributed by atoms with Gasteiger partial charge in [-0.1, -0.05) is 24.3 Å². The van der Waals surface area contributed by atoms with Crippen LogP contribution >= 0.6 is 0 Å². The highest BCUT2D eigenvalue weighted by atomic mass is 16.2. The lowest BCUT2D eigenvalue weighted by atomic mass is 10.1. The largest absolute Gasteiger partial charge is 0.352 e. The van der Waals surface area contributed by atoms with Crippen LogP contribution in [0.4, 0.5) is 0 Å². The molecule has 1 atom stereocenters. The van der Waals surface area contributed by atoms with Crippen LogP contribution in [0.1, 0.15) is 43.7 Å². The summed E-state index contributed by atoms with van der Waals surface area (Å²) in [7, 11) is 0. The molecule has 1 aliphatic rings. The Morgan fingerprint density at radius 1 is 1.41 bits per heavy atom. The van der Waals surface area contributed by atoms with Crippen molar-refractivity contribution in [3.63, 3.8) is 0 Å². The molecular weight excluding hydrogens is 278 g/mol. The summed E-state index contributed by atoms with van der Waals surface area (Å²) in [5, 5.41) is 2.91. The maximum atomic E-state index is 11.7. The fraction of sp³-hybridized carbons (Fsp3) is 0.529. The normalized spacial score (nSPS) is 15.9. The lowest BCUT2D eigenvalue weighted by Crippen LogP contribution is -2.26. The summed E-state index contributed by atoms with van der Waals surface area (Å²) in [5.41, 5.74) is 7.81. The maximum absolute atomic E-state index is 11.7. The van der Waals surface area contributed by atoms with Crippen molar-refractivity contribution in [2.45, 2.75) is 51.7 Å². The van der Waals surface area contributed by atoms with Gasteiger partial charge in [-0.3, -0.25) is 9.59 Å². The third-order valence-corrected chi connectivity index (χ3v) is 3.85. The zero-order chi connectivity index (χ0) is 15.9. The van der Waals surface area contributed by atoms with Crippen LogP contribution in [-0.2, 0) is 22.7 Å². The fourth-order valence-corrected chi connectivity index (χ4v) is 2.58. The van der Waals surface area contributed by atoms with Crippen molar-refractivity contribution in [1.29, 1.82) is 0 Å². The summed E-state index contributed by atoms with van der Waals surface area (Å²) in [6, 6.07) is 8.08. The van der Waals surface area contributed by atoms with E-state index in [1.807, 2.05) is 30.0 Å². The Morgan fingerprint density at radius 3 is 2.86 bits per heavy atom. The molecule has 22 heavy (non-hydrogen) atoms. The average Bonchev–Trinajstić information content (AvgIpc) is 2.88. The van der Waals surface area contributed by atoms with Crippen molar-refractivity contribution in [3.8, 4) is 0 Å². The Morgan fingerprint density at radius 2 is 2.18 bits per heavy atom. The smallest absolute Gasteiger partial charge is 0.222 e. The molecule has 5 nitrogen and oxygen atoms in total. The monoisotopic (exact) mass is 303 g/mol. The third kappa shape index (κ3) is 5.15. The molecule has 3 N–H and O–H groups in total. The molecule has 0 bridgehead atoms. The average molecular weight is 303 g/mol. The van der Waals surface area contributed by atoms with Crippen LogP contribution in [0.5, 0.6) is 0 Å². The van der Waals surface area contributed by atoms with Crippen molar-refractivity contribution in [3.05, 3.63) is 35.4 Å². The second-order valence-corrected chi connectivity index (χ2v) is 6.03. The Labute approximate surface area is 131 Å². The molecule has 1 saturated heterocycles. The van der Waals surface area contributed by atoms with E-state index in [1.54, 1.807) is 0 Å². The van der Waals surface area contributed by atoms with Gasteiger partial charge < -0.3 is 16.0 Å². The number of nitrogens with two attached hydrogens (primary N) is 1. The van der Waals surface area contributed by atoms with Crippen LogP contribution in [0.2, 0.25) is 0 Å². The summed E-state index contributed by atoms with van der Waals surface area (Å²) in [6.45, 7) is 3.92. The van der Waals surface area contributed by atoms with E-state index >= 15 is 0 Å². The molecule has 0 aromatic heterocycles. The highest BCUT2D eigenvalue weighted by Gasteiger charge is 2.19. The molecular formula is C17H25N3O2. The highest BCUT2D eigenvalue weighted by Crippen LogP contribution is 2.15. The molecule has 0 saturated carbocycles. The second-order valence-electron chi connectivity index (χ2n) is 6.03. The molecule has 1 heterocycles. The van der Waals surface area contributed by atoms with Gasteiger partial charge in [0.05, 0.1) is 0 Å². The Bertz CT molecular complexity index is 528. The van der Waals surface area contributed by atoms with Gasteiger partial charge in [-0.15, -0.1) is 0 Å². The lowest BCUT2D eigenvalue weighted by Gasteiger charge is -2.16. The van der Waals surface area contributed by atoms with E-state index in [0.29, 0.717) is 32.4 Å². The molecule has 1 aromatic rings. The molecule has 2 amide bonds. The van der Waals surface area contributed by atoms with Gasteiger partial charge in [0.1, 0.15) is 0 Å². The minimum absolute atomic E-state index is 0.0254. The molecule has 1 aliphatic heterocycles. The van der Waals surface area contributed by atoms with E-state index in [9.17, 15) is 9.59 Å². The number of carbonyl (C=O) groups is 2. The summed E-state index contributed by atoms with van der Waals surface area (Å²) < 4.78 is 0. The van der Waals surface area contributed by atoms with Gasteiger partial charge in [0.2, 0.25) is 11.8 Å². The minimum Gasteiger partial charge on any atom is -0.352 e. The van der Waals surface area contributed by atoms with Crippen LogP contribution in [0, 0.1) is 0 Å². The number of likely N-dealkylation sites (tertiary alicyclic amines) is 1. The molecule has 0 radical (unpaired) electrons. The number of rotatable bonds is 7. The molecule has 0 spiro atoms. The Hall–Kier alpha value is -1.88. The number of benzene rings is 1. The zero-order valence-electron chi connectivity index (χ0n) is 13.2. The van der Waals surface area contributed by atoms with Gasteiger partial charge >= 0.3 is 0 Å². The highest BCUT2D eigenvalue weighted by molar-refractivity contribution is 5.78. The van der Waals surface area contributed by atoms with E-state index in [1.165, 1.54) is 0 Å². The van der Waals surface area contributed by atoms with Crippen LogP contribution in [0.25, 0.3) is 0 Å². The van der Waals surface area contributed by atoms with Gasteiger partial charge in [0.15, 0.2) is 0 Å². The predicted octanol–water partition coefficient (Wildman–Crippen LogP) is 1.55. The van der Waals surface area contributed by atoms with Crippen LogP contribution < -0.4 is 11.1 Å².